The largest absolute Gasteiger partial charge is 0.467 e. The van der Waals surface area contributed by atoms with Crippen LogP contribution < -0.4 is 21.3 Å². The summed E-state index contributed by atoms with van der Waals surface area (Å²) in [4.78, 5) is 81.4. The molecule has 0 aromatic heterocycles. The molecule has 2 aliphatic carbocycles. The molecule has 326 valence electrons. The van der Waals surface area contributed by atoms with E-state index >= 15 is 0 Å². The number of carboxylic acid groups (broad SMARTS) is 1. The minimum absolute atomic E-state index is 0.0505. The van der Waals surface area contributed by atoms with E-state index in [1.165, 1.54) is 12.0 Å². The fraction of sp³-hybridized carbons (Fsp3) is 0.489. The highest BCUT2D eigenvalue weighted by atomic mass is 16.5. The number of carbonyl (C=O) groups is 6. The second kappa shape index (κ2) is 21.0. The average molecular weight is 838 g/mol. The van der Waals surface area contributed by atoms with Crippen LogP contribution in [0.4, 0.5) is 9.59 Å². The van der Waals surface area contributed by atoms with Gasteiger partial charge in [-0.05, 0) is 84.6 Å². The summed E-state index contributed by atoms with van der Waals surface area (Å²) < 4.78 is 10.6. The molecule has 3 aromatic rings. The molecule has 5 N–H and O–H groups in total. The molecular formula is C47H59N5O9. The molecular weight excluding hydrogens is 779 g/mol. The zero-order chi connectivity index (χ0) is 43.5. The molecule has 1 saturated carbocycles. The lowest BCUT2D eigenvalue weighted by Gasteiger charge is -2.32. The van der Waals surface area contributed by atoms with Gasteiger partial charge in [0.1, 0.15) is 30.8 Å². The normalized spacial score (nSPS) is 19.3. The van der Waals surface area contributed by atoms with Gasteiger partial charge in [-0.25, -0.2) is 14.4 Å². The molecule has 6 atom stereocenters. The van der Waals surface area contributed by atoms with Gasteiger partial charge >= 0.3 is 18.2 Å². The summed E-state index contributed by atoms with van der Waals surface area (Å²) >= 11 is 0. The van der Waals surface area contributed by atoms with Gasteiger partial charge in [0.25, 0.3) is 0 Å². The van der Waals surface area contributed by atoms with Crippen molar-refractivity contribution in [1.82, 2.24) is 26.2 Å². The minimum Gasteiger partial charge on any atom is -0.467 e. The van der Waals surface area contributed by atoms with E-state index in [0.717, 1.165) is 47.1 Å². The van der Waals surface area contributed by atoms with E-state index in [2.05, 4.69) is 33.4 Å². The Kier molecular flexibility index (Phi) is 15.4. The Morgan fingerprint density at radius 2 is 1.39 bits per heavy atom. The van der Waals surface area contributed by atoms with Crippen LogP contribution >= 0.6 is 0 Å². The Bertz CT molecular complexity index is 1980. The van der Waals surface area contributed by atoms with Gasteiger partial charge in [-0.2, -0.15) is 0 Å². The van der Waals surface area contributed by atoms with E-state index in [9.17, 15) is 33.9 Å². The van der Waals surface area contributed by atoms with Gasteiger partial charge in [-0.1, -0.05) is 106 Å². The zero-order valence-electron chi connectivity index (χ0n) is 35.3. The van der Waals surface area contributed by atoms with Crippen LogP contribution in [0.1, 0.15) is 94.2 Å². The van der Waals surface area contributed by atoms with Gasteiger partial charge in [-0.15, -0.1) is 0 Å². The van der Waals surface area contributed by atoms with Crippen LogP contribution in [-0.4, -0.2) is 96.4 Å². The maximum atomic E-state index is 14.3. The summed E-state index contributed by atoms with van der Waals surface area (Å²) in [6, 6.07) is 20.8. The molecule has 0 bridgehead atoms. The van der Waals surface area contributed by atoms with Crippen LogP contribution in [0.3, 0.4) is 0 Å². The van der Waals surface area contributed by atoms with Gasteiger partial charge in [0.15, 0.2) is 0 Å². The van der Waals surface area contributed by atoms with Crippen LogP contribution in [0.2, 0.25) is 0 Å². The third-order valence-electron chi connectivity index (χ3n) is 12.2. The molecule has 61 heavy (non-hydrogen) atoms. The third-order valence-corrected chi connectivity index (χ3v) is 12.2. The van der Waals surface area contributed by atoms with Crippen molar-refractivity contribution in [1.29, 1.82) is 0 Å². The van der Waals surface area contributed by atoms with Crippen molar-refractivity contribution >= 4 is 35.9 Å². The predicted molar refractivity (Wildman–Crippen MR) is 228 cm³/mol. The van der Waals surface area contributed by atoms with E-state index in [1.54, 1.807) is 0 Å². The number of nitrogens with zero attached hydrogens (tertiary/aromatic N) is 1. The Hall–Kier alpha value is -5.92. The first-order valence-electron chi connectivity index (χ1n) is 21.6. The lowest BCUT2D eigenvalue weighted by molar-refractivity contribution is -0.146. The van der Waals surface area contributed by atoms with Gasteiger partial charge in [-0.3, -0.25) is 19.3 Å². The monoisotopic (exact) mass is 837 g/mol. The fourth-order valence-corrected chi connectivity index (χ4v) is 9.25. The molecule has 1 aliphatic heterocycles. The third kappa shape index (κ3) is 11.3. The summed E-state index contributed by atoms with van der Waals surface area (Å²) in [5.74, 6) is -2.38. The average Bonchev–Trinajstić information content (AvgIpc) is 3.81. The number of methoxy groups -OCH3 is 1. The van der Waals surface area contributed by atoms with Gasteiger partial charge in [0, 0.05) is 24.9 Å². The van der Waals surface area contributed by atoms with E-state index in [0.29, 0.717) is 32.1 Å². The maximum Gasteiger partial charge on any atom is 0.408 e. The van der Waals surface area contributed by atoms with Crippen molar-refractivity contribution < 1.29 is 43.3 Å². The van der Waals surface area contributed by atoms with E-state index < -0.39 is 60.0 Å². The number of unbranched alkanes of at least 4 members (excludes halogenated alkanes) is 1. The smallest absolute Gasteiger partial charge is 0.408 e. The molecule has 5 unspecified atom stereocenters. The quantitative estimate of drug-likeness (QED) is 0.0764. The van der Waals surface area contributed by atoms with Crippen LogP contribution in [0.15, 0.2) is 78.9 Å². The number of likely N-dealkylation sites (tertiary alicyclic amines) is 1. The Morgan fingerprint density at radius 3 is 2.05 bits per heavy atom. The number of benzene rings is 3. The summed E-state index contributed by atoms with van der Waals surface area (Å²) in [5, 5.41) is 21.4. The fourth-order valence-electron chi connectivity index (χ4n) is 9.25. The predicted octanol–water partition coefficient (Wildman–Crippen LogP) is 5.92. The van der Waals surface area contributed by atoms with E-state index in [1.807, 2.05) is 80.6 Å². The molecule has 2 fully saturated rings. The second-order valence-electron chi connectivity index (χ2n) is 16.8. The van der Waals surface area contributed by atoms with Crippen LogP contribution in [-0.2, 0) is 35.1 Å². The molecule has 5 amide bonds. The van der Waals surface area contributed by atoms with E-state index in [-0.39, 0.29) is 49.8 Å². The first-order valence-corrected chi connectivity index (χ1v) is 21.6. The van der Waals surface area contributed by atoms with Crippen molar-refractivity contribution in [2.45, 2.75) is 114 Å². The standard InChI is InChI=1S/C47H59N5O9/c1-29(2)25-39(45(56)60-3)51-43(54)38(26-30-15-5-4-6-16-30)50-42(53)37(49-44(55)41-27-31-17-7-12-23-40(31)52(41)47(58)59)22-13-14-24-48-46(57)61-28-36-34-20-10-8-18-32(34)33-19-9-11-21-35(33)36/h4-6,8-11,15-16,18-21,29,31,36-41H,7,12-14,17,22-28H2,1-3H3,(H,48,57)(H,49,55)(H,50,53)(H,51,54)(H,58,59)/t31?,37?,38?,39?,40?,41-/m0/s1. The van der Waals surface area contributed by atoms with Gasteiger partial charge in [0.05, 0.1) is 7.11 Å². The highest BCUT2D eigenvalue weighted by molar-refractivity contribution is 5.95. The molecule has 0 radical (unpaired) electrons. The molecule has 3 aromatic carbocycles. The van der Waals surface area contributed by atoms with Crippen molar-refractivity contribution in [2.75, 3.05) is 20.3 Å². The number of esters is 1. The van der Waals surface area contributed by atoms with Gasteiger partial charge < -0.3 is 35.8 Å². The molecule has 1 saturated heterocycles. The molecule has 14 nitrogen and oxygen atoms in total. The summed E-state index contributed by atoms with van der Waals surface area (Å²) in [6.07, 6.45) is 3.35. The van der Waals surface area contributed by atoms with Crippen LogP contribution in [0.5, 0.6) is 0 Å². The van der Waals surface area contributed by atoms with Crippen molar-refractivity contribution in [3.05, 3.63) is 95.6 Å². The summed E-state index contributed by atoms with van der Waals surface area (Å²) in [6.45, 7) is 4.23. The Labute approximate surface area is 357 Å². The number of hydrogen-bond donors (Lipinski definition) is 5. The number of nitrogens with one attached hydrogen (secondary N) is 4. The minimum atomic E-state index is -1.17. The number of ether oxygens (including phenoxy) is 2. The number of fused-ring (bicyclic) bond motifs is 4. The number of amides is 5. The van der Waals surface area contributed by atoms with Crippen LogP contribution in [0, 0.1) is 11.8 Å². The SMILES string of the molecule is COC(=O)C(CC(C)C)NC(=O)C(Cc1ccccc1)NC(=O)C(CCCCNC(=O)OCC1c2ccccc2-c2ccccc21)NC(=O)[C@@H]1CC2CCCCC2N1C(=O)O. The molecule has 1 heterocycles. The Morgan fingerprint density at radius 1 is 0.770 bits per heavy atom. The highest BCUT2D eigenvalue weighted by Crippen LogP contribution is 2.44. The lowest BCUT2D eigenvalue weighted by atomic mass is 9.85. The van der Waals surface area contributed by atoms with Crippen molar-refractivity contribution in [2.24, 2.45) is 11.8 Å². The zero-order valence-corrected chi connectivity index (χ0v) is 35.3. The molecule has 6 rings (SSSR count). The van der Waals surface area contributed by atoms with Crippen LogP contribution in [0.25, 0.3) is 11.1 Å². The number of carbonyl (C=O) groups excluding carboxylic acids is 5. The van der Waals surface area contributed by atoms with Gasteiger partial charge in [0.2, 0.25) is 17.7 Å². The molecule has 14 heteroatoms. The summed E-state index contributed by atoms with van der Waals surface area (Å²) in [5.41, 5.74) is 5.22. The lowest BCUT2D eigenvalue weighted by Crippen LogP contribution is -2.58. The van der Waals surface area contributed by atoms with Crippen molar-refractivity contribution in [3.63, 3.8) is 0 Å². The first kappa shape index (κ1) is 44.6. The number of rotatable bonds is 18. The maximum absolute atomic E-state index is 14.3. The molecule has 0 spiro atoms. The summed E-state index contributed by atoms with van der Waals surface area (Å²) in [7, 11) is 1.25. The topological polar surface area (TPSA) is 192 Å². The first-order chi connectivity index (χ1) is 29.4. The van der Waals surface area contributed by atoms with Crippen molar-refractivity contribution in [3.8, 4) is 11.1 Å². The van der Waals surface area contributed by atoms with E-state index in [4.69, 9.17) is 9.47 Å². The number of hydrogen-bond acceptors (Lipinski definition) is 8. The molecule has 3 aliphatic rings. The highest BCUT2D eigenvalue weighted by Gasteiger charge is 2.48. The Balaban J connectivity index is 1.11. The second-order valence-corrected chi connectivity index (χ2v) is 16.8. The number of alkyl carbamates (subject to hydrolysis) is 1.